The lowest BCUT2D eigenvalue weighted by atomic mass is 9.95. The van der Waals surface area contributed by atoms with E-state index >= 15 is 0 Å². The highest BCUT2D eigenvalue weighted by Gasteiger charge is 2.42. The van der Waals surface area contributed by atoms with E-state index in [9.17, 15) is 13.6 Å². The number of carbonyl (C=O) groups is 1. The standard InChI is InChI=1S/C32H27ClF2N6O/c33-19-6-11-24-25(12-19)30(28-26(34)2-1-3-27(28)35)37-15-18-16-38-32(40-29(18)24)39-21-7-4-17(5-8-21)31(42)41-22-9-10-23(41)14-20(36)13-22/h1-8,11-12,16,20,22-23H,9-10,13-15,36H2,(H,38,39,40). The van der Waals surface area contributed by atoms with Gasteiger partial charge in [0.15, 0.2) is 0 Å². The molecule has 2 unspecified atom stereocenters. The van der Waals surface area contributed by atoms with Crippen molar-refractivity contribution in [1.29, 1.82) is 0 Å². The van der Waals surface area contributed by atoms with Crippen molar-refractivity contribution in [3.05, 3.63) is 106 Å². The highest BCUT2D eigenvalue weighted by atomic mass is 35.5. The van der Waals surface area contributed by atoms with Gasteiger partial charge < -0.3 is 16.0 Å². The Morgan fingerprint density at radius 1 is 0.976 bits per heavy atom. The number of nitrogens with two attached hydrogens (primary N) is 1. The Morgan fingerprint density at radius 2 is 1.69 bits per heavy atom. The molecule has 0 aliphatic carbocycles. The number of carbonyl (C=O) groups excluding carboxylic acids is 1. The molecule has 4 aromatic rings. The highest BCUT2D eigenvalue weighted by Crippen LogP contribution is 2.37. The van der Waals surface area contributed by atoms with Gasteiger partial charge in [-0.25, -0.2) is 18.7 Å². The predicted molar refractivity (Wildman–Crippen MR) is 158 cm³/mol. The Bertz CT molecular complexity index is 1710. The van der Waals surface area contributed by atoms with Crippen molar-refractivity contribution in [2.75, 3.05) is 5.32 Å². The van der Waals surface area contributed by atoms with Gasteiger partial charge in [0.2, 0.25) is 5.95 Å². The van der Waals surface area contributed by atoms with Crippen LogP contribution in [-0.4, -0.2) is 44.6 Å². The summed E-state index contributed by atoms with van der Waals surface area (Å²) in [5.41, 5.74) is 9.87. The molecule has 0 saturated carbocycles. The summed E-state index contributed by atoms with van der Waals surface area (Å²) in [7, 11) is 0. The molecule has 42 heavy (non-hydrogen) atoms. The van der Waals surface area contributed by atoms with E-state index in [2.05, 4.69) is 15.3 Å². The first kappa shape index (κ1) is 26.7. The van der Waals surface area contributed by atoms with E-state index in [1.54, 1.807) is 24.4 Å². The number of amides is 1. The van der Waals surface area contributed by atoms with E-state index in [1.165, 1.54) is 18.2 Å². The molecule has 212 valence electrons. The fourth-order valence-corrected chi connectivity index (χ4v) is 6.62. The molecule has 0 radical (unpaired) electrons. The third-order valence-corrected chi connectivity index (χ3v) is 8.59. The van der Waals surface area contributed by atoms with Gasteiger partial charge >= 0.3 is 0 Å². The summed E-state index contributed by atoms with van der Waals surface area (Å²) in [4.78, 5) is 29.1. The van der Waals surface area contributed by atoms with Crippen LogP contribution in [0.4, 0.5) is 20.4 Å². The van der Waals surface area contributed by atoms with E-state index in [4.69, 9.17) is 22.3 Å². The van der Waals surface area contributed by atoms with Gasteiger partial charge in [-0.1, -0.05) is 23.7 Å². The van der Waals surface area contributed by atoms with Gasteiger partial charge in [-0.15, -0.1) is 0 Å². The minimum absolute atomic E-state index is 0.0413. The maximum absolute atomic E-state index is 14.8. The zero-order valence-electron chi connectivity index (χ0n) is 22.5. The number of nitrogens with zero attached hydrogens (tertiary/aromatic N) is 4. The molecule has 1 amide bonds. The molecule has 10 heteroatoms. The largest absolute Gasteiger partial charge is 0.333 e. The smallest absolute Gasteiger partial charge is 0.254 e. The Hall–Kier alpha value is -4.21. The van der Waals surface area contributed by atoms with Gasteiger partial charge in [-0.3, -0.25) is 9.79 Å². The van der Waals surface area contributed by atoms with Crippen molar-refractivity contribution < 1.29 is 13.6 Å². The number of nitrogens with one attached hydrogen (secondary N) is 1. The van der Waals surface area contributed by atoms with Gasteiger partial charge in [0.25, 0.3) is 5.91 Å². The number of rotatable bonds is 4. The first-order valence-corrected chi connectivity index (χ1v) is 14.3. The molecule has 3 aliphatic rings. The SMILES string of the molecule is NC1CC2CCC(C1)N2C(=O)c1ccc(Nc2ncc3c(n2)-c2ccc(Cl)cc2C(c2c(F)cccc2F)=NC3)cc1. The molecule has 2 atom stereocenters. The molecule has 3 aliphatic heterocycles. The van der Waals surface area contributed by atoms with E-state index in [0.29, 0.717) is 44.6 Å². The number of benzene rings is 3. The molecule has 4 heterocycles. The van der Waals surface area contributed by atoms with Crippen LogP contribution in [0.25, 0.3) is 11.3 Å². The lowest BCUT2D eigenvalue weighted by molar-refractivity contribution is 0.0575. The predicted octanol–water partition coefficient (Wildman–Crippen LogP) is 6.26. The van der Waals surface area contributed by atoms with Gasteiger partial charge in [0.05, 0.1) is 23.5 Å². The number of aliphatic imine (C=N–C) groups is 1. The Labute approximate surface area is 246 Å². The fraction of sp³-hybridized carbons (Fsp3) is 0.250. The minimum Gasteiger partial charge on any atom is -0.333 e. The molecule has 2 bridgehead atoms. The second kappa shape index (κ2) is 10.6. The summed E-state index contributed by atoms with van der Waals surface area (Å²) in [5, 5.41) is 3.62. The van der Waals surface area contributed by atoms with Crippen molar-refractivity contribution in [1.82, 2.24) is 14.9 Å². The average Bonchev–Trinajstić information content (AvgIpc) is 3.15. The molecule has 0 spiro atoms. The molecular weight excluding hydrogens is 558 g/mol. The third-order valence-electron chi connectivity index (χ3n) is 8.36. The third kappa shape index (κ3) is 4.72. The number of halogens is 3. The normalized spacial score (nSPS) is 20.8. The lowest BCUT2D eigenvalue weighted by Crippen LogP contribution is -2.50. The van der Waals surface area contributed by atoms with Crippen molar-refractivity contribution in [2.24, 2.45) is 10.7 Å². The molecule has 3 N–H and O–H groups in total. The fourth-order valence-electron chi connectivity index (χ4n) is 6.45. The van der Waals surface area contributed by atoms with Crippen LogP contribution in [0.5, 0.6) is 0 Å². The Kier molecular flexibility index (Phi) is 6.71. The molecule has 2 saturated heterocycles. The van der Waals surface area contributed by atoms with Crippen LogP contribution in [0.1, 0.15) is 52.7 Å². The Morgan fingerprint density at radius 3 is 2.40 bits per heavy atom. The number of anilines is 2. The van der Waals surface area contributed by atoms with E-state index in [-0.39, 0.29) is 41.9 Å². The van der Waals surface area contributed by atoms with Crippen LogP contribution in [0.3, 0.4) is 0 Å². The molecule has 2 fully saturated rings. The monoisotopic (exact) mass is 584 g/mol. The first-order valence-electron chi connectivity index (χ1n) is 14.0. The second-order valence-corrected chi connectivity index (χ2v) is 11.5. The number of piperidine rings is 1. The molecule has 7 nitrogen and oxygen atoms in total. The summed E-state index contributed by atoms with van der Waals surface area (Å²) >= 11 is 6.32. The maximum Gasteiger partial charge on any atom is 0.254 e. The van der Waals surface area contributed by atoms with Crippen LogP contribution in [0.15, 0.2) is 71.9 Å². The second-order valence-electron chi connectivity index (χ2n) is 11.1. The summed E-state index contributed by atoms with van der Waals surface area (Å²) in [6, 6.07) is 16.7. The quantitative estimate of drug-likeness (QED) is 0.295. The number of aromatic nitrogens is 2. The van der Waals surface area contributed by atoms with E-state index in [1.807, 2.05) is 29.2 Å². The zero-order chi connectivity index (χ0) is 29.0. The Balaban J connectivity index is 1.17. The van der Waals surface area contributed by atoms with Crippen LogP contribution in [0, 0.1) is 11.6 Å². The highest BCUT2D eigenvalue weighted by molar-refractivity contribution is 6.31. The van der Waals surface area contributed by atoms with Crippen LogP contribution in [0.2, 0.25) is 5.02 Å². The summed E-state index contributed by atoms with van der Waals surface area (Å²) in [5.74, 6) is -1.05. The molecular formula is C32H27ClF2N6O. The van der Waals surface area contributed by atoms with Gasteiger partial charge in [-0.05, 0) is 74.2 Å². The first-order chi connectivity index (χ1) is 20.4. The minimum atomic E-state index is -0.711. The lowest BCUT2D eigenvalue weighted by Gasteiger charge is -2.37. The summed E-state index contributed by atoms with van der Waals surface area (Å²) < 4.78 is 29.6. The van der Waals surface area contributed by atoms with Gasteiger partial charge in [-0.2, -0.15) is 0 Å². The maximum atomic E-state index is 14.8. The van der Waals surface area contributed by atoms with Crippen LogP contribution < -0.4 is 11.1 Å². The van der Waals surface area contributed by atoms with Crippen molar-refractivity contribution in [2.45, 2.75) is 50.4 Å². The topological polar surface area (TPSA) is 96.5 Å². The van der Waals surface area contributed by atoms with Crippen LogP contribution in [-0.2, 0) is 6.54 Å². The van der Waals surface area contributed by atoms with Crippen molar-refractivity contribution in [3.63, 3.8) is 0 Å². The number of hydrogen-bond acceptors (Lipinski definition) is 6. The van der Waals surface area contributed by atoms with Crippen molar-refractivity contribution in [3.8, 4) is 11.3 Å². The van der Waals surface area contributed by atoms with Gasteiger partial charge in [0, 0.05) is 57.3 Å². The van der Waals surface area contributed by atoms with Gasteiger partial charge in [0.1, 0.15) is 11.6 Å². The molecule has 1 aromatic heterocycles. The van der Waals surface area contributed by atoms with E-state index < -0.39 is 11.6 Å². The summed E-state index contributed by atoms with van der Waals surface area (Å²) in [6.07, 6.45) is 5.39. The zero-order valence-corrected chi connectivity index (χ0v) is 23.3. The molecule has 3 aromatic carbocycles. The average molecular weight is 585 g/mol. The van der Waals surface area contributed by atoms with Crippen molar-refractivity contribution >= 4 is 34.9 Å². The number of fused-ring (bicyclic) bond motifs is 5. The molecule has 7 rings (SSSR count). The number of hydrogen-bond donors (Lipinski definition) is 2. The van der Waals surface area contributed by atoms with E-state index in [0.717, 1.165) is 25.7 Å². The van der Waals surface area contributed by atoms with Crippen LogP contribution >= 0.6 is 11.6 Å². The summed E-state index contributed by atoms with van der Waals surface area (Å²) in [6.45, 7) is 0.130.